The Labute approximate surface area is 110 Å². The first-order valence-corrected chi connectivity index (χ1v) is 6.52. The number of hydrogen-bond acceptors (Lipinski definition) is 3. The zero-order valence-corrected chi connectivity index (χ0v) is 11.9. The van der Waals surface area contributed by atoms with Crippen molar-refractivity contribution in [3.63, 3.8) is 0 Å². The van der Waals surface area contributed by atoms with Gasteiger partial charge in [-0.2, -0.15) is 0 Å². The molecule has 0 aliphatic carbocycles. The average Bonchev–Trinajstić information content (AvgIpc) is 2.43. The monoisotopic (exact) mass is 248 g/mol. The predicted molar refractivity (Wildman–Crippen MR) is 78.8 cm³/mol. The molecule has 1 aromatic carbocycles. The van der Waals surface area contributed by atoms with Gasteiger partial charge in [-0.25, -0.2) is 0 Å². The predicted octanol–water partition coefficient (Wildman–Crippen LogP) is 3.02. The van der Waals surface area contributed by atoms with Gasteiger partial charge in [0.15, 0.2) is 0 Å². The van der Waals surface area contributed by atoms with Gasteiger partial charge in [-0.1, -0.05) is 26.0 Å². The van der Waals surface area contributed by atoms with E-state index < -0.39 is 0 Å². The molecular formula is C15H24N2O. The molecule has 18 heavy (non-hydrogen) atoms. The molecule has 1 aromatic rings. The number of nitrogens with zero attached hydrogens (tertiary/aromatic N) is 1. The molecule has 0 amide bonds. The number of methoxy groups -OCH3 is 1. The lowest BCUT2D eigenvalue weighted by Gasteiger charge is -2.22. The standard InChI is InChI=1S/C13H18N2O.C2H6/c1-15-7-5-10(6-8-15)11-3-4-12(14)13(9-11)16-2;1-2/h3-5,9H,6-8,14H2,1-2H3;1-2H3. The van der Waals surface area contributed by atoms with Gasteiger partial charge >= 0.3 is 0 Å². The minimum atomic E-state index is 0.694. The molecule has 1 aliphatic rings. The number of benzene rings is 1. The highest BCUT2D eigenvalue weighted by molar-refractivity contribution is 5.70. The lowest BCUT2D eigenvalue weighted by Crippen LogP contribution is -2.23. The highest BCUT2D eigenvalue weighted by atomic mass is 16.5. The van der Waals surface area contributed by atoms with Crippen molar-refractivity contribution < 1.29 is 4.74 Å². The van der Waals surface area contributed by atoms with E-state index in [1.54, 1.807) is 7.11 Å². The number of likely N-dealkylation sites (N-methyl/N-ethyl adjacent to an activating group) is 1. The van der Waals surface area contributed by atoms with Crippen molar-refractivity contribution in [1.29, 1.82) is 0 Å². The van der Waals surface area contributed by atoms with E-state index in [0.29, 0.717) is 5.69 Å². The quantitative estimate of drug-likeness (QED) is 0.818. The highest BCUT2D eigenvalue weighted by Gasteiger charge is 2.10. The minimum absolute atomic E-state index is 0.694. The van der Waals surface area contributed by atoms with Crippen LogP contribution in [0, 0.1) is 0 Å². The van der Waals surface area contributed by atoms with Crippen LogP contribution in [-0.4, -0.2) is 32.1 Å². The van der Waals surface area contributed by atoms with Crippen LogP contribution in [0.4, 0.5) is 5.69 Å². The first-order chi connectivity index (χ1) is 8.70. The molecule has 3 nitrogen and oxygen atoms in total. The van der Waals surface area contributed by atoms with Crippen molar-refractivity contribution in [1.82, 2.24) is 4.90 Å². The topological polar surface area (TPSA) is 38.5 Å². The van der Waals surface area contributed by atoms with E-state index in [0.717, 1.165) is 25.3 Å². The van der Waals surface area contributed by atoms with E-state index in [-0.39, 0.29) is 0 Å². The normalized spacial score (nSPS) is 15.4. The summed E-state index contributed by atoms with van der Waals surface area (Å²) < 4.78 is 5.23. The number of rotatable bonds is 2. The van der Waals surface area contributed by atoms with Crippen molar-refractivity contribution in [3.05, 3.63) is 29.8 Å². The molecule has 0 fully saturated rings. The SMILES string of the molecule is CC.COc1cc(C2=CCN(C)CC2)ccc1N. The molecular weight excluding hydrogens is 224 g/mol. The highest BCUT2D eigenvalue weighted by Crippen LogP contribution is 2.28. The van der Waals surface area contributed by atoms with Crippen LogP contribution in [0.25, 0.3) is 5.57 Å². The third-order valence-corrected chi connectivity index (χ3v) is 3.02. The third-order valence-electron chi connectivity index (χ3n) is 3.02. The molecule has 2 N–H and O–H groups in total. The fourth-order valence-electron chi connectivity index (χ4n) is 1.94. The van der Waals surface area contributed by atoms with Gasteiger partial charge in [0, 0.05) is 13.1 Å². The summed E-state index contributed by atoms with van der Waals surface area (Å²) in [5, 5.41) is 0. The number of ether oxygens (including phenoxy) is 1. The summed E-state index contributed by atoms with van der Waals surface area (Å²) in [7, 11) is 3.79. The maximum Gasteiger partial charge on any atom is 0.142 e. The van der Waals surface area contributed by atoms with Crippen molar-refractivity contribution in [3.8, 4) is 5.75 Å². The molecule has 0 aromatic heterocycles. The van der Waals surface area contributed by atoms with Gasteiger partial charge < -0.3 is 15.4 Å². The largest absolute Gasteiger partial charge is 0.495 e. The van der Waals surface area contributed by atoms with E-state index in [1.165, 1.54) is 11.1 Å². The van der Waals surface area contributed by atoms with Crippen LogP contribution in [0.5, 0.6) is 5.75 Å². The lowest BCUT2D eigenvalue weighted by molar-refractivity contribution is 0.370. The molecule has 0 unspecified atom stereocenters. The van der Waals surface area contributed by atoms with Crippen LogP contribution in [-0.2, 0) is 0 Å². The van der Waals surface area contributed by atoms with Gasteiger partial charge in [0.1, 0.15) is 5.75 Å². The second-order valence-corrected chi connectivity index (χ2v) is 4.20. The van der Waals surface area contributed by atoms with E-state index in [9.17, 15) is 0 Å². The minimum Gasteiger partial charge on any atom is -0.495 e. The zero-order chi connectivity index (χ0) is 13.5. The number of nitrogens with two attached hydrogens (primary N) is 1. The zero-order valence-electron chi connectivity index (χ0n) is 11.9. The summed E-state index contributed by atoms with van der Waals surface area (Å²) in [5.41, 5.74) is 9.10. The average molecular weight is 248 g/mol. The Morgan fingerprint density at radius 3 is 2.56 bits per heavy atom. The van der Waals surface area contributed by atoms with Crippen molar-refractivity contribution in [2.45, 2.75) is 20.3 Å². The van der Waals surface area contributed by atoms with E-state index in [1.807, 2.05) is 26.0 Å². The van der Waals surface area contributed by atoms with E-state index in [4.69, 9.17) is 10.5 Å². The van der Waals surface area contributed by atoms with Gasteiger partial charge in [-0.3, -0.25) is 0 Å². The molecule has 1 aliphatic heterocycles. The van der Waals surface area contributed by atoms with Crippen LogP contribution < -0.4 is 10.5 Å². The van der Waals surface area contributed by atoms with Crippen LogP contribution in [0.3, 0.4) is 0 Å². The first kappa shape index (κ1) is 14.6. The van der Waals surface area contributed by atoms with Crippen LogP contribution in [0.15, 0.2) is 24.3 Å². The summed E-state index contributed by atoms with van der Waals surface area (Å²) in [6, 6.07) is 5.99. The third kappa shape index (κ3) is 3.50. The Hall–Kier alpha value is -1.48. The molecule has 0 bridgehead atoms. The lowest BCUT2D eigenvalue weighted by atomic mass is 9.99. The molecule has 2 rings (SSSR count). The molecule has 100 valence electrons. The second kappa shape index (κ2) is 7.07. The van der Waals surface area contributed by atoms with E-state index >= 15 is 0 Å². The van der Waals surface area contributed by atoms with Crippen LogP contribution in [0.1, 0.15) is 25.8 Å². The van der Waals surface area contributed by atoms with Crippen molar-refractivity contribution in [2.24, 2.45) is 0 Å². The van der Waals surface area contributed by atoms with Crippen molar-refractivity contribution in [2.75, 3.05) is 33.0 Å². The molecule has 0 saturated carbocycles. The fourth-order valence-corrected chi connectivity index (χ4v) is 1.94. The smallest absolute Gasteiger partial charge is 0.142 e. The molecule has 3 heteroatoms. The second-order valence-electron chi connectivity index (χ2n) is 4.20. The summed E-state index contributed by atoms with van der Waals surface area (Å²) in [5.74, 6) is 0.761. The first-order valence-electron chi connectivity index (χ1n) is 6.52. The van der Waals surface area contributed by atoms with Crippen LogP contribution in [0.2, 0.25) is 0 Å². The Balaban J connectivity index is 0.000000771. The maximum atomic E-state index is 5.80. The van der Waals surface area contributed by atoms with Gasteiger partial charge in [0.05, 0.1) is 12.8 Å². The van der Waals surface area contributed by atoms with Crippen molar-refractivity contribution >= 4 is 11.3 Å². The summed E-state index contributed by atoms with van der Waals surface area (Å²) in [6.45, 7) is 6.13. The Morgan fingerprint density at radius 2 is 2.00 bits per heavy atom. The Morgan fingerprint density at radius 1 is 1.28 bits per heavy atom. The molecule has 0 atom stereocenters. The van der Waals surface area contributed by atoms with Gasteiger partial charge in [0.2, 0.25) is 0 Å². The molecule has 0 radical (unpaired) electrons. The summed E-state index contributed by atoms with van der Waals surface area (Å²) >= 11 is 0. The number of anilines is 1. The van der Waals surface area contributed by atoms with Gasteiger partial charge in [-0.05, 0) is 36.7 Å². The van der Waals surface area contributed by atoms with Gasteiger partial charge in [0.25, 0.3) is 0 Å². The van der Waals surface area contributed by atoms with Crippen LogP contribution >= 0.6 is 0 Å². The maximum absolute atomic E-state index is 5.80. The fraction of sp³-hybridized carbons (Fsp3) is 0.467. The summed E-state index contributed by atoms with van der Waals surface area (Å²) in [6.07, 6.45) is 3.36. The molecule has 0 saturated heterocycles. The Kier molecular flexibility index (Phi) is 5.72. The van der Waals surface area contributed by atoms with Gasteiger partial charge in [-0.15, -0.1) is 0 Å². The number of nitrogen functional groups attached to an aromatic ring is 1. The summed E-state index contributed by atoms with van der Waals surface area (Å²) in [4.78, 5) is 2.30. The number of hydrogen-bond donors (Lipinski definition) is 1. The molecule has 1 heterocycles. The Bertz CT molecular complexity index is 413. The van der Waals surface area contributed by atoms with E-state index in [2.05, 4.69) is 24.1 Å². The molecule has 0 spiro atoms.